The molecule has 0 unspecified atom stereocenters. The molecular weight excluding hydrogens is 379 g/mol. The lowest BCUT2D eigenvalue weighted by molar-refractivity contribution is -0.159. The molecule has 0 spiro atoms. The summed E-state index contributed by atoms with van der Waals surface area (Å²) in [4.78, 5) is 44.9. The number of aromatic nitrogens is 2. The van der Waals surface area contributed by atoms with E-state index in [1.54, 1.807) is 20.8 Å². The van der Waals surface area contributed by atoms with Crippen molar-refractivity contribution in [3.63, 3.8) is 0 Å². The number of likely N-dealkylation sites (N-methyl/N-ethyl adjacent to an activating group) is 1. The molecule has 0 aliphatic carbocycles. The summed E-state index contributed by atoms with van der Waals surface area (Å²) in [7, 11) is 3.70. The molecule has 8 nitrogen and oxygen atoms in total. The number of hydrogen-bond donors (Lipinski definition) is 0. The van der Waals surface area contributed by atoms with Crippen molar-refractivity contribution in [1.82, 2.24) is 19.4 Å². The van der Waals surface area contributed by atoms with E-state index in [-0.39, 0.29) is 25.0 Å². The average Bonchev–Trinajstić information content (AvgIpc) is 2.59. The van der Waals surface area contributed by atoms with E-state index in [1.807, 2.05) is 19.0 Å². The first-order valence-corrected chi connectivity index (χ1v) is 9.25. The van der Waals surface area contributed by atoms with Crippen molar-refractivity contribution in [2.75, 3.05) is 33.7 Å². The molecule has 0 radical (unpaired) electrons. The maximum Gasteiger partial charge on any atom is 0.326 e. The number of hydrogen-bond acceptors (Lipinski definition) is 6. The van der Waals surface area contributed by atoms with Gasteiger partial charge in [0.15, 0.2) is 0 Å². The van der Waals surface area contributed by atoms with E-state index >= 15 is 0 Å². The van der Waals surface area contributed by atoms with Crippen LogP contribution in [0.3, 0.4) is 0 Å². The fraction of sp³-hybridized carbons (Fsp3) is 0.500. The Kier molecular flexibility index (Phi) is 7.07. The molecule has 0 bridgehead atoms. The first kappa shape index (κ1) is 22.5. The Labute approximate surface area is 168 Å². The van der Waals surface area contributed by atoms with Gasteiger partial charge in [-0.1, -0.05) is 0 Å². The van der Waals surface area contributed by atoms with Crippen molar-refractivity contribution in [3.8, 4) is 0 Å². The highest BCUT2D eigenvalue weighted by molar-refractivity contribution is 5.82. The van der Waals surface area contributed by atoms with Gasteiger partial charge in [0.2, 0.25) is 5.91 Å². The largest absolute Gasteiger partial charge is 0.459 e. The number of carbonyl (C=O) groups excluding carboxylic acids is 2. The van der Waals surface area contributed by atoms with Gasteiger partial charge in [-0.15, -0.1) is 0 Å². The summed E-state index contributed by atoms with van der Waals surface area (Å²) >= 11 is 0. The molecule has 0 fully saturated rings. The molecule has 0 saturated carbocycles. The fourth-order valence-corrected chi connectivity index (χ4v) is 2.63. The van der Waals surface area contributed by atoms with E-state index in [4.69, 9.17) is 4.74 Å². The summed E-state index contributed by atoms with van der Waals surface area (Å²) in [6, 6.07) is 3.72. The Morgan fingerprint density at radius 1 is 1.21 bits per heavy atom. The number of rotatable bonds is 7. The summed E-state index contributed by atoms with van der Waals surface area (Å²) < 4.78 is 19.9. The number of amides is 1. The van der Waals surface area contributed by atoms with Crippen LogP contribution in [0.25, 0.3) is 10.9 Å². The van der Waals surface area contributed by atoms with Crippen LogP contribution in [-0.2, 0) is 20.9 Å². The van der Waals surface area contributed by atoms with Crippen molar-refractivity contribution in [2.24, 2.45) is 0 Å². The molecule has 0 aliphatic heterocycles. The predicted octanol–water partition coefficient (Wildman–Crippen LogP) is 1.27. The second kappa shape index (κ2) is 9.13. The van der Waals surface area contributed by atoms with Crippen LogP contribution in [0.4, 0.5) is 4.39 Å². The zero-order chi connectivity index (χ0) is 21.8. The van der Waals surface area contributed by atoms with Gasteiger partial charge in [-0.3, -0.25) is 19.0 Å². The first-order chi connectivity index (χ1) is 13.5. The van der Waals surface area contributed by atoms with Gasteiger partial charge in [0.1, 0.15) is 24.5 Å². The lowest BCUT2D eigenvalue weighted by Crippen LogP contribution is -2.44. The minimum absolute atomic E-state index is 0.0901. The fourth-order valence-electron chi connectivity index (χ4n) is 2.63. The number of fused-ring (bicyclic) bond motifs is 1. The van der Waals surface area contributed by atoms with Gasteiger partial charge < -0.3 is 14.5 Å². The highest BCUT2D eigenvalue weighted by Gasteiger charge is 2.23. The molecule has 1 aromatic carbocycles. The molecule has 0 saturated heterocycles. The van der Waals surface area contributed by atoms with E-state index in [9.17, 15) is 18.8 Å². The molecule has 2 aromatic rings. The molecular formula is C20H27FN4O4. The quantitative estimate of drug-likeness (QED) is 0.644. The van der Waals surface area contributed by atoms with Crippen LogP contribution in [0.15, 0.2) is 29.3 Å². The first-order valence-electron chi connectivity index (χ1n) is 9.25. The van der Waals surface area contributed by atoms with Crippen LogP contribution >= 0.6 is 0 Å². The zero-order valence-corrected chi connectivity index (χ0v) is 17.4. The minimum atomic E-state index is -0.670. The van der Waals surface area contributed by atoms with E-state index in [0.29, 0.717) is 12.1 Å². The van der Waals surface area contributed by atoms with Crippen molar-refractivity contribution in [1.29, 1.82) is 0 Å². The van der Waals surface area contributed by atoms with Gasteiger partial charge in [-0.25, -0.2) is 9.37 Å². The van der Waals surface area contributed by atoms with Crippen LogP contribution in [0.2, 0.25) is 0 Å². The Morgan fingerprint density at radius 2 is 1.90 bits per heavy atom. The Hall–Kier alpha value is -2.81. The number of halogens is 1. The van der Waals surface area contributed by atoms with Crippen LogP contribution in [-0.4, -0.2) is 70.6 Å². The molecule has 0 aliphatic rings. The number of ether oxygens (including phenoxy) is 1. The summed E-state index contributed by atoms with van der Waals surface area (Å²) in [5.74, 6) is -1.52. The molecule has 1 aromatic heterocycles. The highest BCUT2D eigenvalue weighted by Crippen LogP contribution is 2.10. The van der Waals surface area contributed by atoms with E-state index in [0.717, 1.165) is 10.6 Å². The monoisotopic (exact) mass is 406 g/mol. The second-order valence-electron chi connectivity index (χ2n) is 8.04. The van der Waals surface area contributed by atoms with Crippen molar-refractivity contribution >= 4 is 22.8 Å². The Bertz CT molecular complexity index is 950. The van der Waals surface area contributed by atoms with Crippen LogP contribution in [0.1, 0.15) is 20.8 Å². The third-order valence-corrected chi connectivity index (χ3v) is 4.00. The van der Waals surface area contributed by atoms with E-state index in [1.165, 1.54) is 23.4 Å². The summed E-state index contributed by atoms with van der Waals surface area (Å²) in [6.45, 7) is 5.52. The number of esters is 1. The number of nitrogens with zero attached hydrogens (tertiary/aromatic N) is 4. The van der Waals surface area contributed by atoms with Gasteiger partial charge >= 0.3 is 5.97 Å². The lowest BCUT2D eigenvalue weighted by atomic mass is 10.2. The van der Waals surface area contributed by atoms with Crippen LogP contribution in [0, 0.1) is 5.82 Å². The smallest absolute Gasteiger partial charge is 0.326 e. The van der Waals surface area contributed by atoms with E-state index < -0.39 is 28.9 Å². The maximum absolute atomic E-state index is 13.5. The summed E-state index contributed by atoms with van der Waals surface area (Å²) in [5, 5.41) is 0.0901. The average molecular weight is 406 g/mol. The van der Waals surface area contributed by atoms with Gasteiger partial charge in [0.25, 0.3) is 5.56 Å². The van der Waals surface area contributed by atoms with Gasteiger partial charge in [-0.05, 0) is 53.1 Å². The SMILES string of the molecule is CN(C)CCN(CC(=O)OC(C)(C)C)C(=O)Cn1cnc2ccc(F)cc2c1=O. The van der Waals surface area contributed by atoms with Crippen molar-refractivity contribution in [3.05, 3.63) is 40.7 Å². The van der Waals surface area contributed by atoms with Gasteiger partial charge in [-0.2, -0.15) is 0 Å². The van der Waals surface area contributed by atoms with E-state index in [2.05, 4.69) is 4.98 Å². The molecule has 2 rings (SSSR count). The van der Waals surface area contributed by atoms with Gasteiger partial charge in [0.05, 0.1) is 17.2 Å². The van der Waals surface area contributed by atoms with Crippen LogP contribution in [0.5, 0.6) is 0 Å². The molecule has 1 amide bonds. The topological polar surface area (TPSA) is 84.7 Å². The molecule has 158 valence electrons. The second-order valence-corrected chi connectivity index (χ2v) is 8.04. The maximum atomic E-state index is 13.5. The minimum Gasteiger partial charge on any atom is -0.459 e. The summed E-state index contributed by atoms with van der Waals surface area (Å²) in [6.07, 6.45) is 1.25. The van der Waals surface area contributed by atoms with Gasteiger partial charge in [0, 0.05) is 13.1 Å². The van der Waals surface area contributed by atoms with Crippen LogP contribution < -0.4 is 5.56 Å². The Balaban J connectivity index is 2.22. The molecule has 0 atom stereocenters. The third kappa shape index (κ3) is 6.63. The summed E-state index contributed by atoms with van der Waals surface area (Å²) in [5.41, 5.74) is -0.845. The number of carbonyl (C=O) groups is 2. The third-order valence-electron chi connectivity index (χ3n) is 4.00. The molecule has 9 heteroatoms. The highest BCUT2D eigenvalue weighted by atomic mass is 19.1. The molecule has 0 N–H and O–H groups in total. The standard InChI is InChI=1S/C20H27FN4O4/c1-20(2,3)29-18(27)12-24(9-8-23(4)5)17(26)11-25-13-22-16-7-6-14(21)10-15(16)19(25)28/h6-7,10,13H,8-9,11-12H2,1-5H3. The van der Waals surface area contributed by atoms with Crippen molar-refractivity contribution in [2.45, 2.75) is 32.9 Å². The molecule has 29 heavy (non-hydrogen) atoms. The normalized spacial score (nSPS) is 11.7. The zero-order valence-electron chi connectivity index (χ0n) is 17.4. The van der Waals surface area contributed by atoms with Crippen molar-refractivity contribution < 1.29 is 18.7 Å². The lowest BCUT2D eigenvalue weighted by Gasteiger charge is -2.26. The predicted molar refractivity (Wildman–Crippen MR) is 107 cm³/mol. The molecule has 1 heterocycles. The number of benzene rings is 1. The Morgan fingerprint density at radius 3 is 2.52 bits per heavy atom.